The van der Waals surface area contributed by atoms with Crippen molar-refractivity contribution < 1.29 is 9.18 Å². The second kappa shape index (κ2) is 8.67. The molecule has 2 N–H and O–H groups in total. The van der Waals surface area contributed by atoms with Gasteiger partial charge in [0.05, 0.1) is 11.3 Å². The zero-order valence-electron chi connectivity index (χ0n) is 17.1. The van der Waals surface area contributed by atoms with E-state index in [-0.39, 0.29) is 23.0 Å². The molecule has 156 valence electrons. The molecule has 0 aliphatic heterocycles. The molecule has 0 aliphatic carbocycles. The zero-order valence-corrected chi connectivity index (χ0v) is 17.8. The van der Waals surface area contributed by atoms with Gasteiger partial charge < -0.3 is 15.2 Å². The second-order valence-electron chi connectivity index (χ2n) is 7.23. The number of carbonyl (C=O) groups excluding carboxylic acids is 1. The van der Waals surface area contributed by atoms with E-state index < -0.39 is 11.4 Å². The highest BCUT2D eigenvalue weighted by atomic mass is 35.5. The van der Waals surface area contributed by atoms with E-state index in [1.165, 1.54) is 25.1 Å². The number of benzene rings is 1. The summed E-state index contributed by atoms with van der Waals surface area (Å²) in [6.45, 7) is 5.32. The van der Waals surface area contributed by atoms with Gasteiger partial charge in [0.1, 0.15) is 11.6 Å². The number of hydrogen-bond donors (Lipinski definition) is 2. The molecule has 0 atom stereocenters. The highest BCUT2D eigenvalue weighted by molar-refractivity contribution is 6.30. The van der Waals surface area contributed by atoms with Crippen molar-refractivity contribution >= 4 is 34.7 Å². The number of pyridine rings is 2. The minimum atomic E-state index is -0.535. The Kier molecular flexibility index (Phi) is 6.22. The molecule has 0 bridgehead atoms. The van der Waals surface area contributed by atoms with Crippen LogP contribution in [0.1, 0.15) is 32.4 Å². The van der Waals surface area contributed by atoms with E-state index in [2.05, 4.69) is 15.3 Å². The van der Waals surface area contributed by atoms with Gasteiger partial charge in [-0.25, -0.2) is 9.37 Å². The molecule has 1 aromatic carbocycles. The molecular formula is C22H22ClFN4O2. The smallest absolute Gasteiger partial charge is 0.256 e. The van der Waals surface area contributed by atoms with Crippen LogP contribution in [0.15, 0.2) is 47.4 Å². The summed E-state index contributed by atoms with van der Waals surface area (Å²) >= 11 is 6.03. The van der Waals surface area contributed by atoms with Gasteiger partial charge in [-0.15, -0.1) is 0 Å². The maximum atomic E-state index is 14.5. The molecular weight excluding hydrogens is 407 g/mol. The van der Waals surface area contributed by atoms with Crippen LogP contribution in [0.5, 0.6) is 0 Å². The molecule has 8 heteroatoms. The summed E-state index contributed by atoms with van der Waals surface area (Å²) in [5.41, 5.74) is 2.04. The average Bonchev–Trinajstić information content (AvgIpc) is 2.69. The number of carbonyl (C=O) groups is 1. The monoisotopic (exact) mass is 428 g/mol. The van der Waals surface area contributed by atoms with E-state index in [0.717, 1.165) is 5.69 Å². The Morgan fingerprint density at radius 3 is 2.60 bits per heavy atom. The molecule has 2 aromatic heterocycles. The third kappa shape index (κ3) is 4.52. The van der Waals surface area contributed by atoms with Gasteiger partial charge in [0.15, 0.2) is 0 Å². The second-order valence-corrected chi connectivity index (χ2v) is 7.67. The molecule has 0 saturated heterocycles. The zero-order chi connectivity index (χ0) is 22.0. The summed E-state index contributed by atoms with van der Waals surface area (Å²) < 4.78 is 14.5. The van der Waals surface area contributed by atoms with Crippen molar-refractivity contribution in [1.29, 1.82) is 0 Å². The number of rotatable bonds is 5. The molecule has 30 heavy (non-hydrogen) atoms. The van der Waals surface area contributed by atoms with Crippen LogP contribution in [0.2, 0.25) is 5.02 Å². The van der Waals surface area contributed by atoms with E-state index in [1.807, 2.05) is 25.8 Å². The first-order valence-electron chi connectivity index (χ1n) is 9.37. The Morgan fingerprint density at radius 2 is 1.93 bits per heavy atom. The van der Waals surface area contributed by atoms with Crippen LogP contribution in [-0.4, -0.2) is 22.9 Å². The van der Waals surface area contributed by atoms with Crippen molar-refractivity contribution in [3.05, 3.63) is 69.5 Å². The summed E-state index contributed by atoms with van der Waals surface area (Å²) in [7, 11) is 1.82. The van der Waals surface area contributed by atoms with Gasteiger partial charge in [-0.1, -0.05) is 25.4 Å². The minimum Gasteiger partial charge on any atom is -0.343 e. The third-order valence-electron chi connectivity index (χ3n) is 4.64. The molecule has 0 unspecified atom stereocenters. The van der Waals surface area contributed by atoms with Crippen molar-refractivity contribution in [3.63, 3.8) is 0 Å². The van der Waals surface area contributed by atoms with Crippen molar-refractivity contribution in [2.24, 2.45) is 0 Å². The first-order valence-corrected chi connectivity index (χ1v) is 9.75. The number of aromatic nitrogens is 2. The minimum absolute atomic E-state index is 0.00469. The standard InChI is InChI=1S/C22H22ClFN4O2/c1-12(2)21-19(28(4)15-7-8-25-20(10-15)26-13(3)29)11-17(22(30)27-21)16-9-14(23)5-6-18(16)24/h5-12H,1-4H3,(H,27,30)(H,25,26,29). The Balaban J connectivity index is 2.17. The van der Waals surface area contributed by atoms with Gasteiger partial charge in [0.2, 0.25) is 5.91 Å². The normalized spacial score (nSPS) is 10.9. The van der Waals surface area contributed by atoms with Gasteiger partial charge in [-0.2, -0.15) is 0 Å². The van der Waals surface area contributed by atoms with Crippen LogP contribution in [0.4, 0.5) is 21.6 Å². The van der Waals surface area contributed by atoms with Crippen LogP contribution < -0.4 is 15.8 Å². The third-order valence-corrected chi connectivity index (χ3v) is 4.88. The molecule has 0 aliphatic rings. The fourth-order valence-electron chi connectivity index (χ4n) is 3.17. The quantitative estimate of drug-likeness (QED) is 0.594. The van der Waals surface area contributed by atoms with Gasteiger partial charge in [0, 0.05) is 48.2 Å². The average molecular weight is 429 g/mol. The highest BCUT2D eigenvalue weighted by Gasteiger charge is 2.19. The van der Waals surface area contributed by atoms with Gasteiger partial charge >= 0.3 is 0 Å². The molecule has 0 radical (unpaired) electrons. The van der Waals surface area contributed by atoms with Crippen LogP contribution in [-0.2, 0) is 4.79 Å². The number of amides is 1. The summed E-state index contributed by atoms with van der Waals surface area (Å²) in [6.07, 6.45) is 1.58. The van der Waals surface area contributed by atoms with E-state index in [9.17, 15) is 14.0 Å². The first-order chi connectivity index (χ1) is 14.2. The topological polar surface area (TPSA) is 78.1 Å². The number of anilines is 3. The molecule has 2 heterocycles. The lowest BCUT2D eigenvalue weighted by Crippen LogP contribution is -2.20. The van der Waals surface area contributed by atoms with Crippen LogP contribution in [0, 0.1) is 5.82 Å². The summed E-state index contributed by atoms with van der Waals surface area (Å²) in [5, 5.41) is 2.99. The number of aromatic amines is 1. The van der Waals surface area contributed by atoms with Crippen LogP contribution in [0.3, 0.4) is 0 Å². The molecule has 0 spiro atoms. The van der Waals surface area contributed by atoms with E-state index in [0.29, 0.717) is 22.2 Å². The van der Waals surface area contributed by atoms with Crippen LogP contribution >= 0.6 is 11.6 Å². The fourth-order valence-corrected chi connectivity index (χ4v) is 3.34. The summed E-state index contributed by atoms with van der Waals surface area (Å²) in [6, 6.07) is 9.25. The molecule has 0 saturated carbocycles. The lowest BCUT2D eigenvalue weighted by atomic mass is 10.0. The van der Waals surface area contributed by atoms with E-state index in [1.54, 1.807) is 24.4 Å². The number of H-pyrrole nitrogens is 1. The number of nitrogens with zero attached hydrogens (tertiary/aromatic N) is 2. The van der Waals surface area contributed by atoms with E-state index >= 15 is 0 Å². The lowest BCUT2D eigenvalue weighted by molar-refractivity contribution is -0.114. The van der Waals surface area contributed by atoms with Crippen molar-refractivity contribution in [2.75, 3.05) is 17.3 Å². The van der Waals surface area contributed by atoms with Crippen molar-refractivity contribution in [1.82, 2.24) is 9.97 Å². The molecule has 3 aromatic rings. The lowest BCUT2D eigenvalue weighted by Gasteiger charge is -2.25. The van der Waals surface area contributed by atoms with Gasteiger partial charge in [-0.3, -0.25) is 9.59 Å². The van der Waals surface area contributed by atoms with Gasteiger partial charge in [0.25, 0.3) is 5.56 Å². The number of hydrogen-bond acceptors (Lipinski definition) is 4. The van der Waals surface area contributed by atoms with Crippen LogP contribution in [0.25, 0.3) is 11.1 Å². The van der Waals surface area contributed by atoms with E-state index in [4.69, 9.17) is 11.6 Å². The highest BCUT2D eigenvalue weighted by Crippen LogP contribution is 2.34. The predicted molar refractivity (Wildman–Crippen MR) is 118 cm³/mol. The predicted octanol–water partition coefficient (Wildman–Crippen LogP) is 5.08. The summed E-state index contributed by atoms with van der Waals surface area (Å²) in [5.74, 6) is -0.353. The Hall–Kier alpha value is -3.19. The number of nitrogens with one attached hydrogen (secondary N) is 2. The molecule has 3 rings (SSSR count). The first kappa shape index (κ1) is 21.5. The maximum absolute atomic E-state index is 14.5. The SMILES string of the molecule is CC(=O)Nc1cc(N(C)c2cc(-c3cc(Cl)ccc3F)c(=O)[nH]c2C(C)C)ccn1. The molecule has 6 nitrogen and oxygen atoms in total. The Labute approximate surface area is 178 Å². The molecule has 0 fully saturated rings. The maximum Gasteiger partial charge on any atom is 0.256 e. The van der Waals surface area contributed by atoms with Crippen molar-refractivity contribution in [2.45, 2.75) is 26.7 Å². The molecule has 1 amide bonds. The van der Waals surface area contributed by atoms with Crippen molar-refractivity contribution in [3.8, 4) is 11.1 Å². The number of halogens is 2. The fraction of sp³-hybridized carbons (Fsp3) is 0.227. The largest absolute Gasteiger partial charge is 0.343 e. The Bertz CT molecular complexity index is 1160. The summed E-state index contributed by atoms with van der Waals surface area (Å²) in [4.78, 5) is 33.0. The van der Waals surface area contributed by atoms with Gasteiger partial charge in [-0.05, 0) is 36.2 Å². The Morgan fingerprint density at radius 1 is 1.20 bits per heavy atom.